The molecule has 1 fully saturated rings. The van der Waals surface area contributed by atoms with Gasteiger partial charge in [0.05, 0.1) is 19.8 Å². The molecule has 0 saturated carbocycles. The number of ether oxygens (including phenoxy) is 4. The van der Waals surface area contributed by atoms with Crippen LogP contribution in [-0.4, -0.2) is 69.3 Å². The van der Waals surface area contributed by atoms with E-state index < -0.39 is 0 Å². The number of nitrogens with zero attached hydrogens (tertiary/aromatic N) is 2. The lowest BCUT2D eigenvalue weighted by atomic mass is 10.1. The highest BCUT2D eigenvalue weighted by Crippen LogP contribution is 2.31. The van der Waals surface area contributed by atoms with Crippen molar-refractivity contribution < 1.29 is 23.7 Å². The second kappa shape index (κ2) is 8.61. The van der Waals surface area contributed by atoms with Crippen molar-refractivity contribution in [3.63, 3.8) is 0 Å². The first kappa shape index (κ1) is 19.4. The van der Waals surface area contributed by atoms with Crippen molar-refractivity contribution in [2.45, 2.75) is 6.54 Å². The van der Waals surface area contributed by atoms with Crippen LogP contribution >= 0.6 is 0 Å². The molecule has 1 amide bonds. The Morgan fingerprint density at radius 1 is 0.931 bits per heavy atom. The maximum atomic E-state index is 13.0. The number of methoxy groups -OCH3 is 2. The number of rotatable bonds is 5. The Morgan fingerprint density at radius 2 is 1.69 bits per heavy atom. The molecule has 2 aromatic rings. The third-order valence-corrected chi connectivity index (χ3v) is 5.31. The minimum atomic E-state index is -0.0107. The van der Waals surface area contributed by atoms with Crippen LogP contribution in [0.15, 0.2) is 36.4 Å². The molecule has 1 saturated heterocycles. The highest BCUT2D eigenvalue weighted by atomic mass is 16.6. The average molecular weight is 398 g/mol. The third-order valence-electron chi connectivity index (χ3n) is 5.31. The van der Waals surface area contributed by atoms with Gasteiger partial charge in [0, 0.05) is 38.8 Å². The summed E-state index contributed by atoms with van der Waals surface area (Å²) < 4.78 is 21.9. The van der Waals surface area contributed by atoms with Crippen molar-refractivity contribution in [1.82, 2.24) is 9.80 Å². The van der Waals surface area contributed by atoms with Gasteiger partial charge in [-0.15, -0.1) is 0 Å². The van der Waals surface area contributed by atoms with Crippen LogP contribution in [-0.2, 0) is 6.54 Å². The van der Waals surface area contributed by atoms with Gasteiger partial charge < -0.3 is 23.8 Å². The highest BCUT2D eigenvalue weighted by molar-refractivity contribution is 5.97. The maximum Gasteiger partial charge on any atom is 0.257 e. The fourth-order valence-electron chi connectivity index (χ4n) is 3.70. The lowest BCUT2D eigenvalue weighted by Crippen LogP contribution is -2.48. The zero-order chi connectivity index (χ0) is 20.2. The molecule has 0 aromatic heterocycles. The predicted octanol–water partition coefficient (Wildman–Crippen LogP) is 2.43. The molecule has 0 atom stereocenters. The molecule has 2 aliphatic heterocycles. The molecule has 0 unspecified atom stereocenters. The number of hydrogen-bond donors (Lipinski definition) is 0. The van der Waals surface area contributed by atoms with Gasteiger partial charge in [-0.05, 0) is 29.8 Å². The molecule has 4 rings (SSSR count). The molecule has 29 heavy (non-hydrogen) atoms. The molecule has 0 spiro atoms. The van der Waals surface area contributed by atoms with E-state index >= 15 is 0 Å². The van der Waals surface area contributed by atoms with Crippen LogP contribution in [0.2, 0.25) is 0 Å². The number of carbonyl (C=O) groups excluding carboxylic acids is 1. The van der Waals surface area contributed by atoms with Crippen LogP contribution in [0.25, 0.3) is 0 Å². The van der Waals surface area contributed by atoms with E-state index in [4.69, 9.17) is 18.9 Å². The van der Waals surface area contributed by atoms with Crippen LogP contribution in [0, 0.1) is 0 Å². The van der Waals surface area contributed by atoms with Gasteiger partial charge >= 0.3 is 0 Å². The van der Waals surface area contributed by atoms with Crippen molar-refractivity contribution in [3.05, 3.63) is 47.5 Å². The fourth-order valence-corrected chi connectivity index (χ4v) is 3.70. The Kier molecular flexibility index (Phi) is 5.76. The van der Waals surface area contributed by atoms with Gasteiger partial charge in [0.25, 0.3) is 5.91 Å². The van der Waals surface area contributed by atoms with E-state index in [-0.39, 0.29) is 5.91 Å². The molecule has 154 valence electrons. The molecule has 0 bridgehead atoms. The third kappa shape index (κ3) is 4.24. The standard InChI is InChI=1S/C22H26N2O5/c1-26-17-4-5-18(20(14-17)27-2)22(25)24-9-7-23(8-10-24)15-16-3-6-19-21(13-16)29-12-11-28-19/h3-6,13-14H,7-12,15H2,1-2H3. The quantitative estimate of drug-likeness (QED) is 0.771. The summed E-state index contributed by atoms with van der Waals surface area (Å²) in [7, 11) is 3.16. The van der Waals surface area contributed by atoms with Gasteiger partial charge in [-0.1, -0.05) is 6.07 Å². The van der Waals surface area contributed by atoms with Crippen LogP contribution in [0.4, 0.5) is 0 Å². The zero-order valence-electron chi connectivity index (χ0n) is 16.8. The van der Waals surface area contributed by atoms with Gasteiger partial charge in [-0.2, -0.15) is 0 Å². The lowest BCUT2D eigenvalue weighted by molar-refractivity contribution is 0.0625. The molecule has 2 heterocycles. The van der Waals surface area contributed by atoms with Gasteiger partial charge in [0.1, 0.15) is 24.7 Å². The minimum Gasteiger partial charge on any atom is -0.497 e. The first-order chi connectivity index (χ1) is 14.2. The molecule has 0 N–H and O–H groups in total. The molecular weight excluding hydrogens is 372 g/mol. The van der Waals surface area contributed by atoms with E-state index in [1.807, 2.05) is 17.0 Å². The SMILES string of the molecule is COc1ccc(C(=O)N2CCN(Cc3ccc4c(c3)OCCO4)CC2)c(OC)c1. The molecule has 0 radical (unpaired) electrons. The summed E-state index contributed by atoms with van der Waals surface area (Å²) in [4.78, 5) is 17.2. The van der Waals surface area contributed by atoms with Gasteiger partial charge in [-0.25, -0.2) is 0 Å². The highest BCUT2D eigenvalue weighted by Gasteiger charge is 2.25. The zero-order valence-corrected chi connectivity index (χ0v) is 16.8. The Balaban J connectivity index is 1.36. The second-order valence-electron chi connectivity index (χ2n) is 7.11. The Bertz CT molecular complexity index is 878. The van der Waals surface area contributed by atoms with Crippen molar-refractivity contribution in [3.8, 4) is 23.0 Å². The Labute approximate surface area is 170 Å². The summed E-state index contributed by atoms with van der Waals surface area (Å²) in [5.74, 6) is 2.82. The summed E-state index contributed by atoms with van der Waals surface area (Å²) in [6, 6.07) is 11.4. The van der Waals surface area contributed by atoms with Crippen LogP contribution in [0.5, 0.6) is 23.0 Å². The van der Waals surface area contributed by atoms with Crippen LogP contribution < -0.4 is 18.9 Å². The van der Waals surface area contributed by atoms with E-state index in [0.29, 0.717) is 43.4 Å². The summed E-state index contributed by atoms with van der Waals surface area (Å²) >= 11 is 0. The number of piperazine rings is 1. The maximum absolute atomic E-state index is 13.0. The molecule has 2 aliphatic rings. The number of fused-ring (bicyclic) bond motifs is 1. The van der Waals surface area contributed by atoms with Crippen LogP contribution in [0.3, 0.4) is 0 Å². The monoisotopic (exact) mass is 398 g/mol. The Hall–Kier alpha value is -2.93. The average Bonchev–Trinajstić information content (AvgIpc) is 2.78. The predicted molar refractivity (Wildman–Crippen MR) is 108 cm³/mol. The molecule has 2 aromatic carbocycles. The topological polar surface area (TPSA) is 60.5 Å². The smallest absolute Gasteiger partial charge is 0.257 e. The molecule has 0 aliphatic carbocycles. The lowest BCUT2D eigenvalue weighted by Gasteiger charge is -2.35. The minimum absolute atomic E-state index is 0.0107. The summed E-state index contributed by atoms with van der Waals surface area (Å²) in [5.41, 5.74) is 1.75. The Morgan fingerprint density at radius 3 is 2.41 bits per heavy atom. The molecule has 7 heteroatoms. The normalized spacial score (nSPS) is 16.4. The van der Waals surface area contributed by atoms with Gasteiger partial charge in [0.15, 0.2) is 11.5 Å². The summed E-state index contributed by atoms with van der Waals surface area (Å²) in [6.07, 6.45) is 0. The number of hydrogen-bond acceptors (Lipinski definition) is 6. The molecule has 7 nitrogen and oxygen atoms in total. The van der Waals surface area contributed by atoms with Crippen LogP contribution in [0.1, 0.15) is 15.9 Å². The van der Waals surface area contributed by atoms with Crippen molar-refractivity contribution in [2.75, 3.05) is 53.6 Å². The fraction of sp³-hybridized carbons (Fsp3) is 0.409. The van der Waals surface area contributed by atoms with E-state index in [2.05, 4.69) is 11.0 Å². The summed E-state index contributed by atoms with van der Waals surface area (Å²) in [6.45, 7) is 5.01. The molecular formula is C22H26N2O5. The number of benzene rings is 2. The van der Waals surface area contributed by atoms with Crippen molar-refractivity contribution >= 4 is 5.91 Å². The van der Waals surface area contributed by atoms with E-state index in [1.54, 1.807) is 32.4 Å². The van der Waals surface area contributed by atoms with Gasteiger partial charge in [0.2, 0.25) is 0 Å². The van der Waals surface area contributed by atoms with Crippen molar-refractivity contribution in [1.29, 1.82) is 0 Å². The van der Waals surface area contributed by atoms with E-state index in [0.717, 1.165) is 31.1 Å². The first-order valence-corrected chi connectivity index (χ1v) is 9.80. The first-order valence-electron chi connectivity index (χ1n) is 9.80. The van der Waals surface area contributed by atoms with Crippen molar-refractivity contribution in [2.24, 2.45) is 0 Å². The summed E-state index contributed by atoms with van der Waals surface area (Å²) in [5, 5.41) is 0. The number of amides is 1. The van der Waals surface area contributed by atoms with E-state index in [1.165, 1.54) is 5.56 Å². The largest absolute Gasteiger partial charge is 0.497 e. The number of carbonyl (C=O) groups is 1. The van der Waals surface area contributed by atoms with Gasteiger partial charge in [-0.3, -0.25) is 9.69 Å². The van der Waals surface area contributed by atoms with E-state index in [9.17, 15) is 4.79 Å². The second-order valence-corrected chi connectivity index (χ2v) is 7.11.